The number of carboxylic acid groups (broad SMARTS) is 1. The normalized spacial score (nSPS) is 18.8. The number of anilines is 1. The van der Waals surface area contributed by atoms with Gasteiger partial charge in [0.05, 0.1) is 11.3 Å². The fourth-order valence-electron chi connectivity index (χ4n) is 2.23. The first-order valence-corrected chi connectivity index (χ1v) is 5.64. The second-order valence-electron chi connectivity index (χ2n) is 4.35. The lowest BCUT2D eigenvalue weighted by Crippen LogP contribution is -2.27. The minimum Gasteiger partial charge on any atom is -0.478 e. The van der Waals surface area contributed by atoms with Crippen molar-refractivity contribution < 1.29 is 14.7 Å². The molecule has 2 rings (SSSR count). The fraction of sp³-hybridized carbons (Fsp3) is 0.286. The second kappa shape index (κ2) is 4.53. The largest absolute Gasteiger partial charge is 0.478 e. The molecule has 1 aromatic carbocycles. The molecule has 0 radical (unpaired) electrons. The number of aryl methyl sites for hydroxylation is 1. The van der Waals surface area contributed by atoms with Gasteiger partial charge in [0.15, 0.2) is 0 Å². The zero-order valence-corrected chi connectivity index (χ0v) is 10.0. The molecule has 4 nitrogen and oxygen atoms in total. The summed E-state index contributed by atoms with van der Waals surface area (Å²) in [5.41, 5.74) is 1.37. The van der Waals surface area contributed by atoms with E-state index in [1.807, 2.05) is 0 Å². The van der Waals surface area contributed by atoms with Gasteiger partial charge in [-0.1, -0.05) is 12.1 Å². The van der Waals surface area contributed by atoms with E-state index in [0.717, 1.165) is 5.56 Å². The van der Waals surface area contributed by atoms with Gasteiger partial charge in [0.1, 0.15) is 0 Å². The molecule has 0 saturated carbocycles. The Morgan fingerprint density at radius 1 is 1.56 bits per heavy atom. The third-order valence-corrected chi connectivity index (χ3v) is 3.10. The molecule has 18 heavy (non-hydrogen) atoms. The number of nitrogens with zero attached hydrogens (tertiary/aromatic N) is 1. The van der Waals surface area contributed by atoms with Crippen molar-refractivity contribution >= 4 is 17.6 Å². The average Bonchev–Trinajstić information content (AvgIpc) is 2.70. The number of carbonyl (C=O) groups excluding carboxylic acids is 1. The molecule has 0 aliphatic carbocycles. The van der Waals surface area contributed by atoms with Crippen molar-refractivity contribution in [2.45, 2.75) is 13.3 Å². The summed E-state index contributed by atoms with van der Waals surface area (Å²) >= 11 is 0. The fourth-order valence-corrected chi connectivity index (χ4v) is 2.23. The SMILES string of the molecule is C#CC1CC(=O)N(c2c(C)cccc2C(=O)O)C1. The Morgan fingerprint density at radius 3 is 2.83 bits per heavy atom. The van der Waals surface area contributed by atoms with Crippen molar-refractivity contribution in [2.24, 2.45) is 5.92 Å². The molecule has 1 atom stereocenters. The summed E-state index contributed by atoms with van der Waals surface area (Å²) in [4.78, 5) is 24.6. The van der Waals surface area contributed by atoms with Gasteiger partial charge in [0.25, 0.3) is 0 Å². The van der Waals surface area contributed by atoms with Gasteiger partial charge in [-0.15, -0.1) is 12.3 Å². The summed E-state index contributed by atoms with van der Waals surface area (Å²) in [6.07, 6.45) is 5.61. The molecule has 4 heteroatoms. The quantitative estimate of drug-likeness (QED) is 0.804. The van der Waals surface area contributed by atoms with Crippen molar-refractivity contribution in [2.75, 3.05) is 11.4 Å². The molecule has 1 aliphatic heterocycles. The van der Waals surface area contributed by atoms with E-state index in [9.17, 15) is 14.7 Å². The molecule has 1 saturated heterocycles. The lowest BCUT2D eigenvalue weighted by Gasteiger charge is -2.20. The van der Waals surface area contributed by atoms with Crippen LogP contribution < -0.4 is 4.90 Å². The van der Waals surface area contributed by atoms with Crippen molar-refractivity contribution in [1.82, 2.24) is 0 Å². The lowest BCUT2D eigenvalue weighted by atomic mass is 10.1. The van der Waals surface area contributed by atoms with E-state index in [2.05, 4.69) is 5.92 Å². The van der Waals surface area contributed by atoms with Crippen molar-refractivity contribution in [1.29, 1.82) is 0 Å². The van der Waals surface area contributed by atoms with Gasteiger partial charge in [-0.05, 0) is 18.6 Å². The summed E-state index contributed by atoms with van der Waals surface area (Å²) in [5.74, 6) is 1.26. The maximum absolute atomic E-state index is 11.9. The number of carboxylic acids is 1. The van der Waals surface area contributed by atoms with Crippen molar-refractivity contribution in [3.05, 3.63) is 29.3 Å². The van der Waals surface area contributed by atoms with E-state index in [0.29, 0.717) is 12.2 Å². The van der Waals surface area contributed by atoms with E-state index in [1.54, 1.807) is 19.1 Å². The Morgan fingerprint density at radius 2 is 2.28 bits per heavy atom. The molecule has 1 N–H and O–H groups in total. The molecule has 1 amide bonds. The highest BCUT2D eigenvalue weighted by molar-refractivity contribution is 6.04. The van der Waals surface area contributed by atoms with Crippen LogP contribution in [0.15, 0.2) is 18.2 Å². The summed E-state index contributed by atoms with van der Waals surface area (Å²) in [7, 11) is 0. The van der Waals surface area contributed by atoms with Crippen LogP contribution in [0.2, 0.25) is 0 Å². The Labute approximate surface area is 105 Å². The minimum atomic E-state index is -1.04. The number of hydrogen-bond donors (Lipinski definition) is 1. The first-order chi connectivity index (χ1) is 8.54. The van der Waals surface area contributed by atoms with Crippen LogP contribution >= 0.6 is 0 Å². The summed E-state index contributed by atoms with van der Waals surface area (Å²) in [5, 5.41) is 9.18. The Hall–Kier alpha value is -2.28. The van der Waals surface area contributed by atoms with Gasteiger partial charge in [-0.3, -0.25) is 4.79 Å². The highest BCUT2D eigenvalue weighted by Gasteiger charge is 2.32. The first-order valence-electron chi connectivity index (χ1n) is 5.64. The molecule has 92 valence electrons. The molecule has 1 aliphatic rings. The smallest absolute Gasteiger partial charge is 0.337 e. The molecule has 0 aromatic heterocycles. The number of amides is 1. The van der Waals surface area contributed by atoms with Gasteiger partial charge in [0, 0.05) is 18.9 Å². The number of terminal acetylenes is 1. The summed E-state index contributed by atoms with van der Waals surface area (Å²) < 4.78 is 0. The molecule has 1 unspecified atom stereocenters. The Kier molecular flexibility index (Phi) is 3.07. The molecule has 0 bridgehead atoms. The van der Waals surface area contributed by atoms with E-state index < -0.39 is 5.97 Å². The van der Waals surface area contributed by atoms with Gasteiger partial charge in [0.2, 0.25) is 5.91 Å². The molecular formula is C14H13NO3. The summed E-state index contributed by atoms with van der Waals surface area (Å²) in [6, 6.07) is 4.96. The minimum absolute atomic E-state index is 0.116. The third kappa shape index (κ3) is 1.95. The molecular weight excluding hydrogens is 230 g/mol. The number of rotatable bonds is 2. The standard InChI is InChI=1S/C14H13NO3/c1-3-10-7-12(16)15(8-10)13-9(2)5-4-6-11(13)14(17)18/h1,4-6,10H,7-8H2,2H3,(H,17,18). The predicted octanol–water partition coefficient (Wildman–Crippen LogP) is 1.68. The van der Waals surface area contributed by atoms with Crippen LogP contribution in [0, 0.1) is 25.2 Å². The molecule has 0 spiro atoms. The van der Waals surface area contributed by atoms with Crippen LogP contribution in [0.3, 0.4) is 0 Å². The number of aromatic carboxylic acids is 1. The van der Waals surface area contributed by atoms with Crippen LogP contribution in [0.1, 0.15) is 22.3 Å². The van der Waals surface area contributed by atoms with Gasteiger partial charge in [-0.2, -0.15) is 0 Å². The number of para-hydroxylation sites is 1. The Bertz CT molecular complexity index is 557. The van der Waals surface area contributed by atoms with E-state index in [-0.39, 0.29) is 23.8 Å². The number of hydrogen-bond acceptors (Lipinski definition) is 2. The Balaban J connectivity index is 2.49. The van der Waals surface area contributed by atoms with Crippen LogP contribution in [0.5, 0.6) is 0 Å². The highest BCUT2D eigenvalue weighted by Crippen LogP contribution is 2.30. The second-order valence-corrected chi connectivity index (χ2v) is 4.35. The summed E-state index contributed by atoms with van der Waals surface area (Å²) in [6.45, 7) is 2.18. The van der Waals surface area contributed by atoms with E-state index in [4.69, 9.17) is 6.42 Å². The third-order valence-electron chi connectivity index (χ3n) is 3.10. The lowest BCUT2D eigenvalue weighted by molar-refractivity contribution is -0.117. The van der Waals surface area contributed by atoms with Crippen LogP contribution in [0.4, 0.5) is 5.69 Å². The van der Waals surface area contributed by atoms with Gasteiger partial charge in [-0.25, -0.2) is 4.79 Å². The molecule has 1 fully saturated rings. The zero-order chi connectivity index (χ0) is 13.3. The van der Waals surface area contributed by atoms with Crippen molar-refractivity contribution in [3.63, 3.8) is 0 Å². The van der Waals surface area contributed by atoms with E-state index in [1.165, 1.54) is 11.0 Å². The predicted molar refractivity (Wildman–Crippen MR) is 67.4 cm³/mol. The van der Waals surface area contributed by atoms with Crippen LogP contribution in [-0.4, -0.2) is 23.5 Å². The van der Waals surface area contributed by atoms with Gasteiger partial charge >= 0.3 is 5.97 Å². The molecule has 1 aromatic rings. The maximum Gasteiger partial charge on any atom is 0.337 e. The monoisotopic (exact) mass is 243 g/mol. The van der Waals surface area contributed by atoms with Crippen LogP contribution in [-0.2, 0) is 4.79 Å². The molecule has 1 heterocycles. The number of carbonyl (C=O) groups is 2. The van der Waals surface area contributed by atoms with Crippen molar-refractivity contribution in [3.8, 4) is 12.3 Å². The topological polar surface area (TPSA) is 57.6 Å². The average molecular weight is 243 g/mol. The maximum atomic E-state index is 11.9. The van der Waals surface area contributed by atoms with E-state index >= 15 is 0 Å². The van der Waals surface area contributed by atoms with Gasteiger partial charge < -0.3 is 10.0 Å². The number of benzene rings is 1. The zero-order valence-electron chi connectivity index (χ0n) is 10.0. The first kappa shape index (κ1) is 12.2. The highest BCUT2D eigenvalue weighted by atomic mass is 16.4. The van der Waals surface area contributed by atoms with Crippen LogP contribution in [0.25, 0.3) is 0 Å².